The normalized spacial score (nSPS) is 17.3. The van der Waals surface area contributed by atoms with Crippen LogP contribution in [0.15, 0.2) is 22.8 Å². The molecule has 22 heavy (non-hydrogen) atoms. The first kappa shape index (κ1) is 14.8. The smallest absolute Gasteiger partial charge is 0.271 e. The molecule has 0 saturated heterocycles. The first-order chi connectivity index (χ1) is 10.7. The maximum Gasteiger partial charge on any atom is 0.271 e. The van der Waals surface area contributed by atoms with Crippen LogP contribution in [0.4, 0.5) is 0 Å². The Morgan fingerprint density at radius 1 is 1.55 bits per heavy atom. The lowest BCUT2D eigenvalue weighted by atomic mass is 9.91. The van der Waals surface area contributed by atoms with E-state index >= 15 is 0 Å². The van der Waals surface area contributed by atoms with Crippen LogP contribution >= 0.6 is 0 Å². The van der Waals surface area contributed by atoms with E-state index in [1.807, 2.05) is 16.8 Å². The molecule has 118 valence electrons. The summed E-state index contributed by atoms with van der Waals surface area (Å²) in [6.07, 6.45) is 4.51. The van der Waals surface area contributed by atoms with Crippen molar-refractivity contribution in [2.24, 2.45) is 0 Å². The van der Waals surface area contributed by atoms with E-state index in [0.717, 1.165) is 37.1 Å². The molecule has 2 aromatic rings. The van der Waals surface area contributed by atoms with Gasteiger partial charge in [0, 0.05) is 30.9 Å². The van der Waals surface area contributed by atoms with E-state index in [0.29, 0.717) is 18.3 Å². The Balaban J connectivity index is 1.76. The van der Waals surface area contributed by atoms with Crippen LogP contribution < -0.4 is 10.6 Å². The van der Waals surface area contributed by atoms with Gasteiger partial charge < -0.3 is 15.1 Å². The highest BCUT2D eigenvalue weighted by Crippen LogP contribution is 2.25. The lowest BCUT2D eigenvalue weighted by Gasteiger charge is -2.24. The highest BCUT2D eigenvalue weighted by Gasteiger charge is 2.28. The maximum absolute atomic E-state index is 12.0. The van der Waals surface area contributed by atoms with Gasteiger partial charge in [-0.15, -0.1) is 0 Å². The molecule has 2 heterocycles. The molecular formula is C16H22N4O2. The summed E-state index contributed by atoms with van der Waals surface area (Å²) in [5.41, 5.74) is 2.87. The number of furan rings is 1. The molecule has 0 spiro atoms. The molecule has 0 aliphatic heterocycles. The van der Waals surface area contributed by atoms with Crippen molar-refractivity contribution in [3.8, 4) is 0 Å². The van der Waals surface area contributed by atoms with Crippen LogP contribution in [0.5, 0.6) is 0 Å². The van der Waals surface area contributed by atoms with Crippen LogP contribution in [0, 0.1) is 0 Å². The van der Waals surface area contributed by atoms with Gasteiger partial charge in [0.2, 0.25) is 0 Å². The predicted molar refractivity (Wildman–Crippen MR) is 82.7 cm³/mol. The van der Waals surface area contributed by atoms with Gasteiger partial charge >= 0.3 is 0 Å². The van der Waals surface area contributed by atoms with Gasteiger partial charge in [-0.25, -0.2) is 0 Å². The molecule has 3 rings (SSSR count). The van der Waals surface area contributed by atoms with Gasteiger partial charge in [-0.05, 0) is 38.3 Å². The number of hydrogen-bond acceptors (Lipinski definition) is 4. The van der Waals surface area contributed by atoms with Gasteiger partial charge in [0.1, 0.15) is 5.76 Å². The molecule has 0 saturated carbocycles. The average molecular weight is 302 g/mol. The summed E-state index contributed by atoms with van der Waals surface area (Å²) in [7, 11) is 1.65. The number of carbonyl (C=O) groups excluding carboxylic acids is 1. The molecule has 2 N–H and O–H groups in total. The Morgan fingerprint density at radius 2 is 2.41 bits per heavy atom. The third kappa shape index (κ3) is 2.78. The van der Waals surface area contributed by atoms with Gasteiger partial charge in [0.15, 0.2) is 5.69 Å². The topological polar surface area (TPSA) is 72.1 Å². The summed E-state index contributed by atoms with van der Waals surface area (Å²) >= 11 is 0. The molecule has 0 radical (unpaired) electrons. The van der Waals surface area contributed by atoms with Crippen LogP contribution in [0.25, 0.3) is 0 Å². The standard InChI is InChI=1S/C16H22N4O2/c1-3-20-14-7-6-11(18-10-12-5-4-8-22-12)9-13(14)15(19-20)16(21)17-2/h4-5,8,11,18H,3,6-7,9-10H2,1-2H3,(H,17,21). The van der Waals surface area contributed by atoms with Crippen molar-refractivity contribution in [1.82, 2.24) is 20.4 Å². The largest absolute Gasteiger partial charge is 0.468 e. The summed E-state index contributed by atoms with van der Waals surface area (Å²) in [6, 6.07) is 4.20. The summed E-state index contributed by atoms with van der Waals surface area (Å²) in [4.78, 5) is 12.0. The van der Waals surface area contributed by atoms with Crippen LogP contribution in [0.3, 0.4) is 0 Å². The van der Waals surface area contributed by atoms with Gasteiger partial charge in [-0.2, -0.15) is 5.10 Å². The number of carbonyl (C=O) groups is 1. The number of aryl methyl sites for hydroxylation is 1. The lowest BCUT2D eigenvalue weighted by molar-refractivity contribution is 0.0956. The zero-order valence-corrected chi connectivity index (χ0v) is 13.1. The van der Waals surface area contributed by atoms with Crippen molar-refractivity contribution in [3.05, 3.63) is 41.1 Å². The zero-order valence-electron chi connectivity index (χ0n) is 13.1. The van der Waals surface area contributed by atoms with Gasteiger partial charge in [0.25, 0.3) is 5.91 Å². The number of hydrogen-bond donors (Lipinski definition) is 2. The molecule has 1 aliphatic rings. The minimum Gasteiger partial charge on any atom is -0.468 e. The Morgan fingerprint density at radius 3 is 3.09 bits per heavy atom. The average Bonchev–Trinajstić information content (AvgIpc) is 3.19. The van der Waals surface area contributed by atoms with E-state index in [2.05, 4.69) is 22.7 Å². The van der Waals surface area contributed by atoms with Crippen molar-refractivity contribution < 1.29 is 9.21 Å². The van der Waals surface area contributed by atoms with Gasteiger partial charge in [0.05, 0.1) is 12.8 Å². The quantitative estimate of drug-likeness (QED) is 0.878. The van der Waals surface area contributed by atoms with E-state index in [1.165, 1.54) is 5.69 Å². The van der Waals surface area contributed by atoms with E-state index in [4.69, 9.17) is 4.42 Å². The summed E-state index contributed by atoms with van der Waals surface area (Å²) in [6.45, 7) is 3.57. The van der Waals surface area contributed by atoms with Crippen LogP contribution in [-0.4, -0.2) is 28.8 Å². The van der Waals surface area contributed by atoms with E-state index in [9.17, 15) is 4.79 Å². The molecule has 1 amide bonds. The maximum atomic E-state index is 12.0. The SMILES string of the molecule is CCn1nc(C(=O)NC)c2c1CCC(NCc1ccco1)C2. The number of nitrogens with zero attached hydrogens (tertiary/aromatic N) is 2. The fourth-order valence-corrected chi connectivity index (χ4v) is 3.08. The Hall–Kier alpha value is -2.08. The molecule has 6 nitrogen and oxygen atoms in total. The second-order valence-electron chi connectivity index (χ2n) is 5.57. The monoisotopic (exact) mass is 302 g/mol. The molecular weight excluding hydrogens is 280 g/mol. The summed E-state index contributed by atoms with van der Waals surface area (Å²) in [5.74, 6) is 0.830. The highest BCUT2D eigenvalue weighted by atomic mass is 16.3. The van der Waals surface area contributed by atoms with Gasteiger partial charge in [-0.3, -0.25) is 9.48 Å². The Bertz CT molecular complexity index is 645. The number of amides is 1. The zero-order chi connectivity index (χ0) is 15.5. The number of rotatable bonds is 5. The molecule has 1 atom stereocenters. The van der Waals surface area contributed by atoms with E-state index < -0.39 is 0 Å². The molecule has 2 aromatic heterocycles. The summed E-state index contributed by atoms with van der Waals surface area (Å²) in [5, 5.41) is 10.7. The number of aromatic nitrogens is 2. The minimum absolute atomic E-state index is 0.102. The van der Waals surface area contributed by atoms with Crippen molar-refractivity contribution in [2.45, 2.75) is 45.3 Å². The number of fused-ring (bicyclic) bond motifs is 1. The van der Waals surface area contributed by atoms with Crippen molar-refractivity contribution >= 4 is 5.91 Å². The second-order valence-corrected chi connectivity index (χ2v) is 5.57. The Labute approximate surface area is 129 Å². The molecule has 0 fully saturated rings. The van der Waals surface area contributed by atoms with Crippen molar-refractivity contribution in [2.75, 3.05) is 7.05 Å². The van der Waals surface area contributed by atoms with Crippen molar-refractivity contribution in [3.63, 3.8) is 0 Å². The summed E-state index contributed by atoms with van der Waals surface area (Å²) < 4.78 is 7.31. The van der Waals surface area contributed by atoms with E-state index in [1.54, 1.807) is 13.3 Å². The van der Waals surface area contributed by atoms with Crippen LogP contribution in [-0.2, 0) is 25.9 Å². The molecule has 1 unspecified atom stereocenters. The molecule has 1 aliphatic carbocycles. The van der Waals surface area contributed by atoms with Crippen molar-refractivity contribution in [1.29, 1.82) is 0 Å². The van der Waals surface area contributed by atoms with Gasteiger partial charge in [-0.1, -0.05) is 0 Å². The fourth-order valence-electron chi connectivity index (χ4n) is 3.08. The third-order valence-electron chi connectivity index (χ3n) is 4.23. The fraction of sp³-hybridized carbons (Fsp3) is 0.500. The third-order valence-corrected chi connectivity index (χ3v) is 4.23. The molecule has 0 bridgehead atoms. The molecule has 0 aromatic carbocycles. The van der Waals surface area contributed by atoms with E-state index in [-0.39, 0.29) is 5.91 Å². The number of nitrogens with one attached hydrogen (secondary N) is 2. The lowest BCUT2D eigenvalue weighted by Crippen LogP contribution is -2.35. The Kier molecular flexibility index (Phi) is 4.29. The van der Waals surface area contributed by atoms with Crippen LogP contribution in [0.1, 0.15) is 40.9 Å². The highest BCUT2D eigenvalue weighted by molar-refractivity contribution is 5.93. The minimum atomic E-state index is -0.102. The van der Waals surface area contributed by atoms with Crippen LogP contribution in [0.2, 0.25) is 0 Å². The first-order valence-corrected chi connectivity index (χ1v) is 7.79. The predicted octanol–water partition coefficient (Wildman–Crippen LogP) is 1.50. The molecule has 6 heteroatoms. The second kappa shape index (κ2) is 6.36. The first-order valence-electron chi connectivity index (χ1n) is 7.79.